The van der Waals surface area contributed by atoms with E-state index in [-0.39, 0.29) is 0 Å². The number of fused-ring (bicyclic) bond motifs is 1. The van der Waals surface area contributed by atoms with Crippen LogP contribution in [0.25, 0.3) is 6.08 Å². The number of methoxy groups -OCH3 is 2. The van der Waals surface area contributed by atoms with E-state index in [0.29, 0.717) is 12.4 Å². The third kappa shape index (κ3) is 1.41. The van der Waals surface area contributed by atoms with Crippen LogP contribution >= 0.6 is 0 Å². The number of ether oxygens (including phenoxy) is 3. The van der Waals surface area contributed by atoms with Gasteiger partial charge in [0, 0.05) is 11.6 Å². The van der Waals surface area contributed by atoms with Gasteiger partial charge in [-0.05, 0) is 6.08 Å². The molecule has 1 aliphatic heterocycles. The molecule has 1 aromatic rings. The molecule has 1 aliphatic rings. The third-order valence-corrected chi connectivity index (χ3v) is 2.15. The summed E-state index contributed by atoms with van der Waals surface area (Å²) in [6, 6.07) is 3.75. The van der Waals surface area contributed by atoms with Gasteiger partial charge in [-0.2, -0.15) is 0 Å². The second-order valence-corrected chi connectivity index (χ2v) is 2.96. The van der Waals surface area contributed by atoms with Crippen LogP contribution < -0.4 is 14.2 Å². The molecule has 3 heteroatoms. The molecule has 0 N–H and O–H groups in total. The van der Waals surface area contributed by atoms with Gasteiger partial charge in [-0.3, -0.25) is 4.74 Å². The fraction of sp³-hybridized carbons (Fsp3) is 0.273. The first-order chi connectivity index (χ1) is 6.85. The lowest BCUT2D eigenvalue weighted by Crippen LogP contribution is -2.01. The van der Waals surface area contributed by atoms with Crippen molar-refractivity contribution >= 4 is 6.08 Å². The van der Waals surface area contributed by atoms with Crippen molar-refractivity contribution in [1.82, 2.24) is 0 Å². The van der Waals surface area contributed by atoms with Crippen LogP contribution in [-0.4, -0.2) is 20.8 Å². The lowest BCUT2D eigenvalue weighted by Gasteiger charge is -2.12. The van der Waals surface area contributed by atoms with Crippen molar-refractivity contribution in [2.75, 3.05) is 20.8 Å². The van der Waals surface area contributed by atoms with Gasteiger partial charge in [0.1, 0.15) is 12.4 Å². The summed E-state index contributed by atoms with van der Waals surface area (Å²) in [5.41, 5.74) is 1.02. The predicted molar refractivity (Wildman–Crippen MR) is 54.1 cm³/mol. The van der Waals surface area contributed by atoms with Gasteiger partial charge in [0.15, 0.2) is 0 Å². The third-order valence-electron chi connectivity index (χ3n) is 2.15. The molecule has 0 aliphatic carbocycles. The van der Waals surface area contributed by atoms with Gasteiger partial charge in [-0.25, -0.2) is 0 Å². The van der Waals surface area contributed by atoms with E-state index in [1.54, 1.807) is 14.2 Å². The van der Waals surface area contributed by atoms with Crippen LogP contribution in [0.1, 0.15) is 5.56 Å². The molecular weight excluding hydrogens is 180 g/mol. The van der Waals surface area contributed by atoms with Crippen LogP contribution in [0, 0.1) is 0 Å². The summed E-state index contributed by atoms with van der Waals surface area (Å²) in [6.45, 7) is 0.614. The van der Waals surface area contributed by atoms with E-state index in [2.05, 4.69) is 0 Å². The molecule has 0 aromatic heterocycles. The van der Waals surface area contributed by atoms with Crippen LogP contribution in [0.15, 0.2) is 18.2 Å². The molecule has 3 nitrogen and oxygen atoms in total. The highest BCUT2D eigenvalue weighted by Gasteiger charge is 2.18. The number of rotatable bonds is 2. The molecule has 0 saturated heterocycles. The number of hydrogen-bond acceptors (Lipinski definition) is 3. The Balaban J connectivity index is 2.50. The zero-order chi connectivity index (χ0) is 9.97. The van der Waals surface area contributed by atoms with Crippen LogP contribution in [-0.2, 0) is 0 Å². The van der Waals surface area contributed by atoms with Crippen molar-refractivity contribution in [2.24, 2.45) is 0 Å². The van der Waals surface area contributed by atoms with Crippen molar-refractivity contribution in [3.05, 3.63) is 23.8 Å². The topological polar surface area (TPSA) is 29.8 Å². The number of hydrogen-bond donors (Lipinski definition) is 0. The standard InChI is InChI=1S/C11H12O3/c1-12-10-6-8-4-3-5-14-9(8)7-11(10)13-2/h3-4,6-7H,5H2,1-2H3/q+1. The van der Waals surface area contributed by atoms with Crippen LogP contribution in [0.2, 0.25) is 0 Å². The molecule has 1 aromatic carbocycles. The van der Waals surface area contributed by atoms with Crippen LogP contribution in [0.5, 0.6) is 17.2 Å². The van der Waals surface area contributed by atoms with E-state index in [1.165, 1.54) is 0 Å². The second kappa shape index (κ2) is 3.62. The molecule has 0 bridgehead atoms. The van der Waals surface area contributed by atoms with Crippen molar-refractivity contribution in [2.45, 2.75) is 0 Å². The van der Waals surface area contributed by atoms with E-state index in [4.69, 9.17) is 14.2 Å². The highest BCUT2D eigenvalue weighted by Crippen LogP contribution is 2.36. The largest absolute Gasteiger partial charge is 0.489 e. The first-order valence-electron chi connectivity index (χ1n) is 4.40. The van der Waals surface area contributed by atoms with E-state index in [0.717, 1.165) is 17.1 Å². The molecule has 0 fully saturated rings. The van der Waals surface area contributed by atoms with Gasteiger partial charge in [-0.1, -0.05) is 6.08 Å². The highest BCUT2D eigenvalue weighted by atomic mass is 16.5. The maximum Gasteiger partial charge on any atom is 0.385 e. The van der Waals surface area contributed by atoms with Crippen molar-refractivity contribution in [3.8, 4) is 17.2 Å². The normalized spacial score (nSPS) is 13.0. The summed E-state index contributed by atoms with van der Waals surface area (Å²) >= 11 is 0. The van der Waals surface area contributed by atoms with E-state index >= 15 is 0 Å². The molecule has 0 amide bonds. The monoisotopic (exact) mass is 192 g/mol. The minimum absolute atomic E-state index is 0.614. The van der Waals surface area contributed by atoms with Crippen molar-refractivity contribution < 1.29 is 14.2 Å². The molecule has 14 heavy (non-hydrogen) atoms. The van der Waals surface area contributed by atoms with Gasteiger partial charge >= 0.3 is 5.75 Å². The minimum Gasteiger partial charge on any atom is -0.489 e. The molecular formula is C11H12O3+. The fourth-order valence-electron chi connectivity index (χ4n) is 1.44. The lowest BCUT2D eigenvalue weighted by molar-refractivity contribution is 0.336. The Labute approximate surface area is 82.9 Å². The van der Waals surface area contributed by atoms with Gasteiger partial charge in [-0.15, -0.1) is 0 Å². The Morgan fingerprint density at radius 3 is 3.00 bits per heavy atom. The van der Waals surface area contributed by atoms with Gasteiger partial charge in [0.05, 0.1) is 13.2 Å². The van der Waals surface area contributed by atoms with Gasteiger partial charge in [0.25, 0.3) is 7.11 Å². The maximum atomic E-state index is 5.44. The van der Waals surface area contributed by atoms with Gasteiger partial charge < -0.3 is 9.47 Å². The Morgan fingerprint density at radius 2 is 2.29 bits per heavy atom. The summed E-state index contributed by atoms with van der Waals surface area (Å²) in [6.07, 6.45) is 3.98. The molecule has 73 valence electrons. The summed E-state index contributed by atoms with van der Waals surface area (Å²) < 4.78 is 15.8. The van der Waals surface area contributed by atoms with Crippen LogP contribution in [0.4, 0.5) is 0 Å². The molecule has 2 rings (SSSR count). The summed E-state index contributed by atoms with van der Waals surface area (Å²) in [5, 5.41) is 0. The average molecular weight is 192 g/mol. The average Bonchev–Trinajstić information content (AvgIpc) is 2.27. The highest BCUT2D eigenvalue weighted by molar-refractivity contribution is 5.64. The summed E-state index contributed by atoms with van der Waals surface area (Å²) in [5.74, 6) is 2.26. The Bertz CT molecular complexity index is 369. The van der Waals surface area contributed by atoms with E-state index in [1.807, 2.05) is 24.3 Å². The summed E-state index contributed by atoms with van der Waals surface area (Å²) in [4.78, 5) is 0. The first-order valence-corrected chi connectivity index (χ1v) is 4.40. The van der Waals surface area contributed by atoms with E-state index < -0.39 is 0 Å². The lowest BCUT2D eigenvalue weighted by atomic mass is 10.1. The SMILES string of the molecule is COc1cc2c(cc1[O+]C)C=CCO2. The molecule has 1 heterocycles. The Morgan fingerprint density at radius 1 is 1.43 bits per heavy atom. The molecule has 0 unspecified atom stereocenters. The second-order valence-electron chi connectivity index (χ2n) is 2.96. The van der Waals surface area contributed by atoms with Crippen LogP contribution in [0.3, 0.4) is 0 Å². The van der Waals surface area contributed by atoms with Crippen molar-refractivity contribution in [1.29, 1.82) is 0 Å². The Kier molecular flexibility index (Phi) is 2.31. The molecule has 0 atom stereocenters. The smallest absolute Gasteiger partial charge is 0.385 e. The quantitative estimate of drug-likeness (QED) is 0.672. The fourth-order valence-corrected chi connectivity index (χ4v) is 1.44. The predicted octanol–water partition coefficient (Wildman–Crippen LogP) is 2.11. The zero-order valence-corrected chi connectivity index (χ0v) is 8.24. The Hall–Kier alpha value is -1.64. The van der Waals surface area contributed by atoms with Gasteiger partial charge in [0.2, 0.25) is 5.75 Å². The maximum absolute atomic E-state index is 5.44. The number of benzene rings is 1. The van der Waals surface area contributed by atoms with E-state index in [9.17, 15) is 0 Å². The molecule has 0 spiro atoms. The zero-order valence-electron chi connectivity index (χ0n) is 8.24. The minimum atomic E-state index is 0.614. The first kappa shape index (κ1) is 8.94. The summed E-state index contributed by atoms with van der Waals surface area (Å²) in [7, 11) is 3.24. The molecule has 1 radical (unpaired) electrons. The van der Waals surface area contributed by atoms with Crippen molar-refractivity contribution in [3.63, 3.8) is 0 Å². The molecule has 0 saturated carbocycles.